The number of nitrogens with one attached hydrogen (secondary N) is 1. The molecule has 3 heteroatoms. The highest BCUT2D eigenvalue weighted by Crippen LogP contribution is 2.29. The van der Waals surface area contributed by atoms with Crippen molar-refractivity contribution >= 4 is 5.65 Å². The van der Waals surface area contributed by atoms with Gasteiger partial charge in [-0.2, -0.15) is 0 Å². The van der Waals surface area contributed by atoms with Crippen LogP contribution in [0.25, 0.3) is 5.65 Å². The van der Waals surface area contributed by atoms with Gasteiger partial charge in [0.25, 0.3) is 0 Å². The Balaban J connectivity index is 1.79. The van der Waals surface area contributed by atoms with E-state index in [1.54, 1.807) is 0 Å². The average molecular weight is 201 g/mol. The molecular weight excluding hydrogens is 186 g/mol. The number of fused-ring (bicyclic) bond motifs is 1. The van der Waals surface area contributed by atoms with Gasteiger partial charge in [-0.05, 0) is 24.5 Å². The molecule has 2 aromatic rings. The van der Waals surface area contributed by atoms with E-state index >= 15 is 0 Å². The summed E-state index contributed by atoms with van der Waals surface area (Å²) in [6, 6.07) is 6.81. The maximum atomic E-state index is 4.36. The van der Waals surface area contributed by atoms with Crippen molar-refractivity contribution in [2.24, 2.45) is 5.92 Å². The Hall–Kier alpha value is -1.35. The molecule has 0 amide bonds. The highest BCUT2D eigenvalue weighted by atomic mass is 15.0. The van der Waals surface area contributed by atoms with Crippen LogP contribution < -0.4 is 5.32 Å². The lowest BCUT2D eigenvalue weighted by Crippen LogP contribution is -2.18. The van der Waals surface area contributed by atoms with Crippen LogP contribution in [-0.2, 0) is 6.54 Å². The number of hydrogen-bond acceptors (Lipinski definition) is 2. The van der Waals surface area contributed by atoms with Gasteiger partial charge >= 0.3 is 0 Å². The molecule has 0 aliphatic heterocycles. The van der Waals surface area contributed by atoms with E-state index < -0.39 is 0 Å². The van der Waals surface area contributed by atoms with Gasteiger partial charge in [0.05, 0.1) is 11.9 Å². The SMILES string of the molecule is CC1CC1NCc1cnc2ccccn12. The molecule has 0 spiro atoms. The maximum absolute atomic E-state index is 4.36. The lowest BCUT2D eigenvalue weighted by atomic mass is 10.4. The van der Waals surface area contributed by atoms with Crippen LogP contribution in [-0.4, -0.2) is 15.4 Å². The van der Waals surface area contributed by atoms with Crippen molar-refractivity contribution in [2.75, 3.05) is 0 Å². The van der Waals surface area contributed by atoms with Crippen molar-refractivity contribution in [3.8, 4) is 0 Å². The van der Waals surface area contributed by atoms with Crippen LogP contribution >= 0.6 is 0 Å². The van der Waals surface area contributed by atoms with Crippen LogP contribution in [0.15, 0.2) is 30.6 Å². The number of hydrogen-bond donors (Lipinski definition) is 1. The maximum Gasteiger partial charge on any atom is 0.136 e. The first-order valence-corrected chi connectivity index (χ1v) is 5.49. The van der Waals surface area contributed by atoms with Gasteiger partial charge in [-0.1, -0.05) is 13.0 Å². The fraction of sp³-hybridized carbons (Fsp3) is 0.417. The summed E-state index contributed by atoms with van der Waals surface area (Å²) >= 11 is 0. The Bertz CT molecular complexity index is 474. The van der Waals surface area contributed by atoms with E-state index in [-0.39, 0.29) is 0 Å². The van der Waals surface area contributed by atoms with E-state index in [4.69, 9.17) is 0 Å². The van der Waals surface area contributed by atoms with Gasteiger partial charge in [0, 0.05) is 18.8 Å². The van der Waals surface area contributed by atoms with Crippen LogP contribution in [0.5, 0.6) is 0 Å². The van der Waals surface area contributed by atoms with E-state index in [0.29, 0.717) is 0 Å². The summed E-state index contributed by atoms with van der Waals surface area (Å²) in [6.45, 7) is 3.20. The third-order valence-electron chi connectivity index (χ3n) is 3.15. The second-order valence-electron chi connectivity index (χ2n) is 4.38. The second-order valence-corrected chi connectivity index (χ2v) is 4.38. The van der Waals surface area contributed by atoms with Gasteiger partial charge < -0.3 is 9.72 Å². The van der Waals surface area contributed by atoms with Crippen LogP contribution in [0, 0.1) is 5.92 Å². The summed E-state index contributed by atoms with van der Waals surface area (Å²) in [5, 5.41) is 3.54. The molecule has 1 aliphatic rings. The number of pyridine rings is 1. The minimum absolute atomic E-state index is 0.722. The van der Waals surface area contributed by atoms with Crippen molar-refractivity contribution in [2.45, 2.75) is 25.9 Å². The van der Waals surface area contributed by atoms with E-state index in [1.165, 1.54) is 12.1 Å². The van der Waals surface area contributed by atoms with Crippen molar-refractivity contribution in [3.05, 3.63) is 36.3 Å². The molecule has 2 atom stereocenters. The summed E-state index contributed by atoms with van der Waals surface area (Å²) in [5.74, 6) is 0.851. The number of aromatic nitrogens is 2. The predicted molar refractivity (Wildman–Crippen MR) is 59.6 cm³/mol. The molecule has 1 fully saturated rings. The fourth-order valence-electron chi connectivity index (χ4n) is 1.96. The first-order valence-electron chi connectivity index (χ1n) is 5.49. The highest BCUT2D eigenvalue weighted by Gasteiger charge is 2.31. The third-order valence-corrected chi connectivity index (χ3v) is 3.15. The summed E-state index contributed by atoms with van der Waals surface area (Å²) < 4.78 is 2.14. The first-order chi connectivity index (χ1) is 7.34. The van der Waals surface area contributed by atoms with Crippen molar-refractivity contribution < 1.29 is 0 Å². The zero-order chi connectivity index (χ0) is 10.3. The lowest BCUT2D eigenvalue weighted by molar-refractivity contribution is 0.639. The van der Waals surface area contributed by atoms with E-state index in [0.717, 1.165) is 24.2 Å². The van der Waals surface area contributed by atoms with Gasteiger partial charge in [-0.15, -0.1) is 0 Å². The third kappa shape index (κ3) is 1.63. The van der Waals surface area contributed by atoms with Gasteiger partial charge in [-0.25, -0.2) is 4.98 Å². The Morgan fingerprint density at radius 3 is 3.20 bits per heavy atom. The number of imidazole rings is 1. The van der Waals surface area contributed by atoms with Crippen LogP contribution in [0.3, 0.4) is 0 Å². The predicted octanol–water partition coefficient (Wildman–Crippen LogP) is 1.83. The molecule has 78 valence electrons. The van der Waals surface area contributed by atoms with Gasteiger partial charge in [0.1, 0.15) is 5.65 Å². The van der Waals surface area contributed by atoms with Crippen LogP contribution in [0.1, 0.15) is 19.0 Å². The molecule has 0 bridgehead atoms. The van der Waals surface area contributed by atoms with Gasteiger partial charge in [0.2, 0.25) is 0 Å². The minimum Gasteiger partial charge on any atom is -0.308 e. The largest absolute Gasteiger partial charge is 0.308 e. The molecule has 0 radical (unpaired) electrons. The van der Waals surface area contributed by atoms with Gasteiger partial charge in [0.15, 0.2) is 0 Å². The Kier molecular flexibility index (Phi) is 1.99. The average Bonchev–Trinajstić information content (AvgIpc) is 2.81. The molecule has 2 heterocycles. The Labute approximate surface area is 89.1 Å². The molecule has 0 aromatic carbocycles. The Morgan fingerprint density at radius 2 is 2.40 bits per heavy atom. The first kappa shape index (κ1) is 8.92. The number of nitrogens with zero attached hydrogens (tertiary/aromatic N) is 2. The quantitative estimate of drug-likeness (QED) is 0.821. The highest BCUT2D eigenvalue weighted by molar-refractivity contribution is 5.39. The van der Waals surface area contributed by atoms with E-state index in [9.17, 15) is 0 Å². The molecule has 0 saturated heterocycles. The summed E-state index contributed by atoms with van der Waals surface area (Å²) in [7, 11) is 0. The standard InChI is InChI=1S/C12H15N3/c1-9-6-11(9)13-7-10-8-14-12-4-2-3-5-15(10)12/h2-5,8-9,11,13H,6-7H2,1H3. The monoisotopic (exact) mass is 201 g/mol. The normalized spacial score (nSPS) is 24.6. The molecule has 2 aromatic heterocycles. The summed E-state index contributed by atoms with van der Waals surface area (Å²) in [6.07, 6.45) is 5.34. The molecule has 3 rings (SSSR count). The number of rotatable bonds is 3. The van der Waals surface area contributed by atoms with Crippen LogP contribution in [0.4, 0.5) is 0 Å². The lowest BCUT2D eigenvalue weighted by Gasteiger charge is -2.02. The van der Waals surface area contributed by atoms with Gasteiger partial charge in [-0.3, -0.25) is 0 Å². The summed E-state index contributed by atoms with van der Waals surface area (Å²) in [4.78, 5) is 4.36. The zero-order valence-electron chi connectivity index (χ0n) is 8.85. The zero-order valence-corrected chi connectivity index (χ0v) is 8.85. The van der Waals surface area contributed by atoms with Crippen LogP contribution in [0.2, 0.25) is 0 Å². The Morgan fingerprint density at radius 1 is 1.53 bits per heavy atom. The minimum atomic E-state index is 0.722. The van der Waals surface area contributed by atoms with E-state index in [2.05, 4.69) is 27.8 Å². The van der Waals surface area contributed by atoms with Crippen molar-refractivity contribution in [1.29, 1.82) is 0 Å². The molecule has 1 N–H and O–H groups in total. The van der Waals surface area contributed by atoms with Crippen molar-refractivity contribution in [1.82, 2.24) is 14.7 Å². The molecular formula is C12H15N3. The van der Waals surface area contributed by atoms with E-state index in [1.807, 2.05) is 24.4 Å². The molecule has 2 unspecified atom stereocenters. The molecule has 1 aliphatic carbocycles. The molecule has 3 nitrogen and oxygen atoms in total. The summed E-state index contributed by atoms with van der Waals surface area (Å²) in [5.41, 5.74) is 2.27. The fourth-order valence-corrected chi connectivity index (χ4v) is 1.96. The smallest absolute Gasteiger partial charge is 0.136 e. The molecule has 1 saturated carbocycles. The van der Waals surface area contributed by atoms with Crippen molar-refractivity contribution in [3.63, 3.8) is 0 Å². The second kappa shape index (κ2) is 3.35. The molecule has 15 heavy (non-hydrogen) atoms. The topological polar surface area (TPSA) is 29.3 Å².